The predicted molar refractivity (Wildman–Crippen MR) is 47.3 cm³/mol. The summed E-state index contributed by atoms with van der Waals surface area (Å²) >= 11 is 1.38. The third-order valence-electron chi connectivity index (χ3n) is 1.32. The second-order valence-electron chi connectivity index (χ2n) is 2.33. The standard InChI is InChI=1S/C7H14O4S/c8-3-1-6(5-9)12-4-2-7(10)11/h6,8-9H,1-5H2,(H,10,11). The average Bonchev–Trinajstić information content (AvgIpc) is 2.02. The van der Waals surface area contributed by atoms with Crippen LogP contribution in [0.5, 0.6) is 0 Å². The van der Waals surface area contributed by atoms with Crippen LogP contribution in [0.2, 0.25) is 0 Å². The van der Waals surface area contributed by atoms with Gasteiger partial charge in [0.2, 0.25) is 0 Å². The minimum absolute atomic E-state index is 0.00908. The first-order valence-corrected chi connectivity index (χ1v) is 4.80. The highest BCUT2D eigenvalue weighted by atomic mass is 32.2. The fraction of sp³-hybridized carbons (Fsp3) is 0.857. The Morgan fingerprint density at radius 1 is 1.42 bits per heavy atom. The summed E-state index contributed by atoms with van der Waals surface area (Å²) in [6, 6.07) is 0. The van der Waals surface area contributed by atoms with E-state index < -0.39 is 5.97 Å². The first-order valence-electron chi connectivity index (χ1n) is 3.75. The van der Waals surface area contributed by atoms with Crippen LogP contribution >= 0.6 is 11.8 Å². The van der Waals surface area contributed by atoms with Gasteiger partial charge in [0, 0.05) is 17.6 Å². The molecular weight excluding hydrogens is 180 g/mol. The Morgan fingerprint density at radius 3 is 2.50 bits per heavy atom. The molecule has 0 radical (unpaired) electrons. The summed E-state index contributed by atoms with van der Waals surface area (Å²) in [5, 5.41) is 25.5. The number of carboxylic acids is 1. The Bertz CT molecular complexity index is 129. The van der Waals surface area contributed by atoms with Crippen molar-refractivity contribution >= 4 is 17.7 Å². The maximum absolute atomic E-state index is 10.1. The van der Waals surface area contributed by atoms with E-state index in [1.165, 1.54) is 11.8 Å². The molecule has 0 aliphatic heterocycles. The lowest BCUT2D eigenvalue weighted by molar-refractivity contribution is -0.136. The number of aliphatic hydroxyl groups is 2. The number of rotatable bonds is 7. The monoisotopic (exact) mass is 194 g/mol. The molecule has 0 heterocycles. The quantitative estimate of drug-likeness (QED) is 0.529. The van der Waals surface area contributed by atoms with Gasteiger partial charge < -0.3 is 15.3 Å². The third kappa shape index (κ3) is 6.45. The summed E-state index contributed by atoms with van der Waals surface area (Å²) in [5.74, 6) is -0.344. The molecule has 1 unspecified atom stereocenters. The first kappa shape index (κ1) is 11.7. The molecule has 0 aromatic rings. The van der Waals surface area contributed by atoms with Crippen LogP contribution in [0.3, 0.4) is 0 Å². The molecule has 0 amide bonds. The summed E-state index contributed by atoms with van der Waals surface area (Å²) < 4.78 is 0. The number of thioether (sulfide) groups is 1. The molecule has 0 aliphatic carbocycles. The topological polar surface area (TPSA) is 77.8 Å². The van der Waals surface area contributed by atoms with Crippen LogP contribution < -0.4 is 0 Å². The van der Waals surface area contributed by atoms with Gasteiger partial charge in [0.15, 0.2) is 0 Å². The number of aliphatic carboxylic acids is 1. The zero-order valence-corrected chi connectivity index (χ0v) is 7.59. The predicted octanol–water partition coefficient (Wildman–Crippen LogP) is -0.0624. The fourth-order valence-electron chi connectivity index (χ4n) is 0.684. The Balaban J connectivity index is 3.37. The van der Waals surface area contributed by atoms with E-state index in [0.29, 0.717) is 12.2 Å². The molecule has 1 atom stereocenters. The van der Waals surface area contributed by atoms with E-state index in [1.54, 1.807) is 0 Å². The van der Waals surface area contributed by atoms with Crippen LogP contribution in [0.1, 0.15) is 12.8 Å². The van der Waals surface area contributed by atoms with Gasteiger partial charge in [-0.15, -0.1) is 0 Å². The molecule has 0 aliphatic rings. The van der Waals surface area contributed by atoms with Gasteiger partial charge in [0.1, 0.15) is 0 Å². The molecule has 3 N–H and O–H groups in total. The maximum Gasteiger partial charge on any atom is 0.304 e. The van der Waals surface area contributed by atoms with Gasteiger partial charge in [-0.3, -0.25) is 4.79 Å². The van der Waals surface area contributed by atoms with Crippen LogP contribution in [-0.2, 0) is 4.79 Å². The van der Waals surface area contributed by atoms with Gasteiger partial charge in [-0.2, -0.15) is 11.8 Å². The summed E-state index contributed by atoms with van der Waals surface area (Å²) in [6.07, 6.45) is 0.618. The van der Waals surface area contributed by atoms with Crippen molar-refractivity contribution in [2.24, 2.45) is 0 Å². The molecule has 12 heavy (non-hydrogen) atoms. The molecule has 0 spiro atoms. The second-order valence-corrected chi connectivity index (χ2v) is 3.74. The summed E-state index contributed by atoms with van der Waals surface area (Å²) in [6.45, 7) is 0.0240. The molecule has 0 saturated heterocycles. The highest BCUT2D eigenvalue weighted by Crippen LogP contribution is 2.14. The van der Waals surface area contributed by atoms with Crippen molar-refractivity contribution in [1.29, 1.82) is 0 Å². The van der Waals surface area contributed by atoms with E-state index in [2.05, 4.69) is 0 Å². The van der Waals surface area contributed by atoms with Crippen molar-refractivity contribution < 1.29 is 20.1 Å². The molecule has 4 nitrogen and oxygen atoms in total. The minimum atomic E-state index is -0.830. The minimum Gasteiger partial charge on any atom is -0.481 e. The van der Waals surface area contributed by atoms with Crippen molar-refractivity contribution in [1.82, 2.24) is 0 Å². The molecule has 0 fully saturated rings. The van der Waals surface area contributed by atoms with Crippen molar-refractivity contribution in [3.8, 4) is 0 Å². The lowest BCUT2D eigenvalue weighted by atomic mass is 10.3. The molecular formula is C7H14O4S. The van der Waals surface area contributed by atoms with Crippen LogP contribution in [0.15, 0.2) is 0 Å². The third-order valence-corrected chi connectivity index (χ3v) is 2.62. The molecule has 0 saturated carbocycles. The van der Waals surface area contributed by atoms with E-state index in [9.17, 15) is 4.79 Å². The SMILES string of the molecule is O=C(O)CCSC(CO)CCO. The lowest BCUT2D eigenvalue weighted by Gasteiger charge is -2.10. The summed E-state index contributed by atoms with van der Waals surface area (Å²) in [5.41, 5.74) is 0. The van der Waals surface area contributed by atoms with E-state index in [-0.39, 0.29) is 24.9 Å². The number of aliphatic hydroxyl groups excluding tert-OH is 2. The van der Waals surface area contributed by atoms with Gasteiger partial charge in [-0.25, -0.2) is 0 Å². The molecule has 5 heteroatoms. The van der Waals surface area contributed by atoms with Crippen LogP contribution in [0.4, 0.5) is 0 Å². The molecule has 0 aromatic heterocycles. The second kappa shape index (κ2) is 7.39. The number of hydrogen-bond acceptors (Lipinski definition) is 4. The van der Waals surface area contributed by atoms with Gasteiger partial charge in [-0.05, 0) is 6.42 Å². The Morgan fingerprint density at radius 2 is 2.08 bits per heavy atom. The van der Waals surface area contributed by atoms with Crippen molar-refractivity contribution in [2.45, 2.75) is 18.1 Å². The Kier molecular flexibility index (Phi) is 7.23. The average molecular weight is 194 g/mol. The van der Waals surface area contributed by atoms with E-state index >= 15 is 0 Å². The molecule has 0 bridgehead atoms. The number of hydrogen-bond donors (Lipinski definition) is 3. The first-order chi connectivity index (χ1) is 5.70. The molecule has 0 aromatic carbocycles. The zero-order valence-electron chi connectivity index (χ0n) is 6.77. The van der Waals surface area contributed by atoms with Crippen molar-refractivity contribution in [3.63, 3.8) is 0 Å². The smallest absolute Gasteiger partial charge is 0.304 e. The van der Waals surface area contributed by atoms with E-state index in [4.69, 9.17) is 15.3 Å². The maximum atomic E-state index is 10.1. The normalized spacial score (nSPS) is 12.8. The Labute approximate surface area is 75.6 Å². The molecule has 72 valence electrons. The Hall–Kier alpha value is -0.260. The van der Waals surface area contributed by atoms with Crippen LogP contribution in [0, 0.1) is 0 Å². The summed E-state index contributed by atoms with van der Waals surface area (Å²) in [7, 11) is 0. The van der Waals surface area contributed by atoms with Crippen molar-refractivity contribution in [3.05, 3.63) is 0 Å². The number of carboxylic acid groups (broad SMARTS) is 1. The lowest BCUT2D eigenvalue weighted by Crippen LogP contribution is -2.12. The molecule has 0 rings (SSSR count). The van der Waals surface area contributed by atoms with Crippen LogP contribution in [-0.4, -0.2) is 45.5 Å². The van der Waals surface area contributed by atoms with Gasteiger partial charge in [0.25, 0.3) is 0 Å². The van der Waals surface area contributed by atoms with Gasteiger partial charge in [0.05, 0.1) is 13.0 Å². The van der Waals surface area contributed by atoms with E-state index in [1.807, 2.05) is 0 Å². The zero-order chi connectivity index (χ0) is 9.40. The van der Waals surface area contributed by atoms with Crippen LogP contribution in [0.25, 0.3) is 0 Å². The highest BCUT2D eigenvalue weighted by Gasteiger charge is 2.07. The summed E-state index contributed by atoms with van der Waals surface area (Å²) in [4.78, 5) is 10.1. The van der Waals surface area contributed by atoms with Crippen molar-refractivity contribution in [2.75, 3.05) is 19.0 Å². The van der Waals surface area contributed by atoms with Gasteiger partial charge in [-0.1, -0.05) is 0 Å². The largest absolute Gasteiger partial charge is 0.481 e. The van der Waals surface area contributed by atoms with Gasteiger partial charge >= 0.3 is 5.97 Å². The highest BCUT2D eigenvalue weighted by molar-refractivity contribution is 7.99. The number of carbonyl (C=O) groups is 1. The fourth-order valence-corrected chi connectivity index (χ4v) is 1.69. The van der Waals surface area contributed by atoms with E-state index in [0.717, 1.165) is 0 Å².